The summed E-state index contributed by atoms with van der Waals surface area (Å²) in [6.07, 6.45) is 15.0. The summed E-state index contributed by atoms with van der Waals surface area (Å²) in [6.45, 7) is 2.70. The molecule has 4 aliphatic heterocycles. The summed E-state index contributed by atoms with van der Waals surface area (Å²) in [7, 11) is 0. The molecule has 6 nitrogen and oxygen atoms in total. The molecule has 2 aliphatic carbocycles. The number of halogens is 1. The highest BCUT2D eigenvalue weighted by atomic mass is 19.1. The molecule has 2 unspecified atom stereocenters. The molecule has 2 saturated carbocycles. The second-order valence-electron chi connectivity index (χ2n) is 13.1. The average Bonchev–Trinajstić information content (AvgIpc) is 3.41. The van der Waals surface area contributed by atoms with Gasteiger partial charge >= 0.3 is 6.09 Å². The maximum Gasteiger partial charge on any atom is 0.410 e. The minimum Gasteiger partial charge on any atom is -0.446 e. The maximum absolute atomic E-state index is 14.4. The number of ether oxygens (including phenoxy) is 1. The van der Waals surface area contributed by atoms with Crippen LogP contribution in [0.2, 0.25) is 0 Å². The predicted molar refractivity (Wildman–Crippen MR) is 144 cm³/mol. The van der Waals surface area contributed by atoms with Gasteiger partial charge in [-0.05, 0) is 120 Å². The molecule has 38 heavy (non-hydrogen) atoms. The molecule has 3 saturated heterocycles. The first-order chi connectivity index (χ1) is 18.5. The van der Waals surface area contributed by atoms with Gasteiger partial charge < -0.3 is 19.4 Å². The van der Waals surface area contributed by atoms with E-state index < -0.39 is 0 Å². The van der Waals surface area contributed by atoms with E-state index in [0.29, 0.717) is 24.7 Å². The van der Waals surface area contributed by atoms with Gasteiger partial charge in [0.15, 0.2) is 0 Å². The Morgan fingerprint density at radius 1 is 0.842 bits per heavy atom. The van der Waals surface area contributed by atoms with Crippen LogP contribution >= 0.6 is 0 Å². The number of likely N-dealkylation sites (tertiary alicyclic amines) is 1. The van der Waals surface area contributed by atoms with Crippen molar-refractivity contribution in [2.75, 3.05) is 24.5 Å². The van der Waals surface area contributed by atoms with E-state index in [1.165, 1.54) is 12.5 Å². The van der Waals surface area contributed by atoms with Crippen LogP contribution in [-0.4, -0.2) is 65.7 Å². The Morgan fingerprint density at radius 2 is 1.47 bits per heavy atom. The van der Waals surface area contributed by atoms with Crippen LogP contribution in [0.5, 0.6) is 0 Å². The van der Waals surface area contributed by atoms with Gasteiger partial charge in [-0.3, -0.25) is 4.79 Å². The molecule has 6 aliphatic rings. The van der Waals surface area contributed by atoms with E-state index in [4.69, 9.17) is 4.74 Å². The quantitative estimate of drug-likeness (QED) is 0.505. The fourth-order valence-corrected chi connectivity index (χ4v) is 8.26. The van der Waals surface area contributed by atoms with Crippen LogP contribution in [0.15, 0.2) is 18.2 Å². The molecule has 7 rings (SSSR count). The lowest BCUT2D eigenvalue weighted by atomic mass is 9.73. The highest BCUT2D eigenvalue weighted by molar-refractivity contribution is 5.98. The molecule has 1 aromatic carbocycles. The van der Waals surface area contributed by atoms with Gasteiger partial charge in [0, 0.05) is 41.7 Å². The number of carbonyl (C=O) groups excluding carboxylic acids is 2. The first kappa shape index (κ1) is 24.9. The van der Waals surface area contributed by atoms with Crippen LogP contribution in [0, 0.1) is 11.7 Å². The van der Waals surface area contributed by atoms with Crippen molar-refractivity contribution in [2.45, 2.75) is 120 Å². The SMILES string of the molecule is O=C(C1CCC1)N1CC2(CCN(C3CCC4CCC(CC3)N4C(=O)OC3CCC3)CC2)c2cc(F)ccc21. The fourth-order valence-electron chi connectivity index (χ4n) is 8.26. The Bertz CT molecular complexity index is 1060. The molecule has 5 fully saturated rings. The monoisotopic (exact) mass is 523 g/mol. The normalized spacial score (nSPS) is 31.3. The number of benzene rings is 1. The van der Waals surface area contributed by atoms with Gasteiger partial charge in [0.05, 0.1) is 0 Å². The van der Waals surface area contributed by atoms with E-state index in [1.54, 1.807) is 6.07 Å². The summed E-state index contributed by atoms with van der Waals surface area (Å²) in [6, 6.07) is 6.26. The number of amides is 2. The Kier molecular flexibility index (Phi) is 6.41. The van der Waals surface area contributed by atoms with Gasteiger partial charge in [0.1, 0.15) is 11.9 Å². The fraction of sp³-hybridized carbons (Fsp3) is 0.742. The van der Waals surface area contributed by atoms with Crippen LogP contribution in [0.4, 0.5) is 14.9 Å². The molecule has 1 spiro atoms. The number of fused-ring (bicyclic) bond motifs is 4. The Morgan fingerprint density at radius 3 is 2.05 bits per heavy atom. The second-order valence-corrected chi connectivity index (χ2v) is 13.1. The summed E-state index contributed by atoms with van der Waals surface area (Å²) < 4.78 is 20.2. The minimum absolute atomic E-state index is 0.0614. The van der Waals surface area contributed by atoms with Crippen molar-refractivity contribution < 1.29 is 18.7 Å². The molecule has 0 radical (unpaired) electrons. The summed E-state index contributed by atoms with van der Waals surface area (Å²) in [5.41, 5.74) is 1.88. The Hall–Kier alpha value is -2.15. The summed E-state index contributed by atoms with van der Waals surface area (Å²) in [5, 5.41) is 0. The molecule has 1 aromatic rings. The second kappa shape index (κ2) is 9.79. The average molecular weight is 524 g/mol. The molecule has 2 bridgehead atoms. The predicted octanol–water partition coefficient (Wildman–Crippen LogP) is 5.77. The first-order valence-corrected chi connectivity index (χ1v) is 15.4. The first-order valence-electron chi connectivity index (χ1n) is 15.4. The number of rotatable bonds is 3. The molecule has 2 atom stereocenters. The molecule has 4 heterocycles. The lowest BCUT2D eigenvalue weighted by Crippen LogP contribution is -2.51. The van der Waals surface area contributed by atoms with Gasteiger partial charge in [-0.2, -0.15) is 0 Å². The van der Waals surface area contributed by atoms with Crippen LogP contribution < -0.4 is 4.90 Å². The third kappa shape index (κ3) is 4.24. The van der Waals surface area contributed by atoms with Crippen LogP contribution in [0.25, 0.3) is 0 Å². The number of hydrogen-bond acceptors (Lipinski definition) is 4. The van der Waals surface area contributed by atoms with Gasteiger partial charge in [0.25, 0.3) is 0 Å². The Balaban J connectivity index is 1.01. The van der Waals surface area contributed by atoms with E-state index in [0.717, 1.165) is 108 Å². The van der Waals surface area contributed by atoms with Crippen molar-refractivity contribution in [3.63, 3.8) is 0 Å². The summed E-state index contributed by atoms with van der Waals surface area (Å²) in [5.74, 6) is 0.206. The van der Waals surface area contributed by atoms with Crippen molar-refractivity contribution in [2.24, 2.45) is 5.92 Å². The highest BCUT2D eigenvalue weighted by Gasteiger charge is 2.49. The number of nitrogens with zero attached hydrogens (tertiary/aromatic N) is 3. The molecule has 206 valence electrons. The Labute approximate surface area is 225 Å². The number of piperidine rings is 1. The van der Waals surface area contributed by atoms with Crippen molar-refractivity contribution in [1.29, 1.82) is 0 Å². The van der Waals surface area contributed by atoms with Crippen molar-refractivity contribution in [3.8, 4) is 0 Å². The van der Waals surface area contributed by atoms with E-state index in [2.05, 4.69) is 9.80 Å². The maximum atomic E-state index is 14.4. The van der Waals surface area contributed by atoms with Crippen LogP contribution in [0.1, 0.15) is 95.5 Å². The van der Waals surface area contributed by atoms with Crippen LogP contribution in [-0.2, 0) is 14.9 Å². The lowest BCUT2D eigenvalue weighted by Gasteiger charge is -2.45. The number of carbonyl (C=O) groups is 2. The number of hydrogen-bond donors (Lipinski definition) is 0. The van der Waals surface area contributed by atoms with Crippen molar-refractivity contribution in [3.05, 3.63) is 29.6 Å². The van der Waals surface area contributed by atoms with E-state index in [9.17, 15) is 14.0 Å². The number of anilines is 1. The van der Waals surface area contributed by atoms with Crippen molar-refractivity contribution in [1.82, 2.24) is 9.80 Å². The summed E-state index contributed by atoms with van der Waals surface area (Å²) in [4.78, 5) is 33.0. The van der Waals surface area contributed by atoms with Gasteiger partial charge in [-0.15, -0.1) is 0 Å². The van der Waals surface area contributed by atoms with Gasteiger partial charge in [-0.25, -0.2) is 9.18 Å². The summed E-state index contributed by atoms with van der Waals surface area (Å²) >= 11 is 0. The standard InChI is InChI=1S/C31H42FN3O3/c32-22-7-14-28-27(19-22)31(20-34(28)29(36)21-3-1-4-21)15-17-33(18-16-31)23-8-10-24-12-13-25(11-9-23)35(24)30(37)38-26-5-2-6-26/h7,14,19,21,23-26H,1-6,8-13,15-18,20H2. The topological polar surface area (TPSA) is 53.1 Å². The van der Waals surface area contributed by atoms with E-state index in [1.807, 2.05) is 11.0 Å². The van der Waals surface area contributed by atoms with Crippen molar-refractivity contribution >= 4 is 17.7 Å². The van der Waals surface area contributed by atoms with E-state index in [-0.39, 0.29) is 35.3 Å². The largest absolute Gasteiger partial charge is 0.446 e. The van der Waals surface area contributed by atoms with E-state index >= 15 is 0 Å². The third-order valence-electron chi connectivity index (χ3n) is 11.1. The molecule has 7 heteroatoms. The zero-order valence-corrected chi connectivity index (χ0v) is 22.6. The third-order valence-corrected chi connectivity index (χ3v) is 11.1. The molecule has 2 amide bonds. The van der Waals surface area contributed by atoms with Crippen LogP contribution in [0.3, 0.4) is 0 Å². The smallest absolute Gasteiger partial charge is 0.410 e. The zero-order chi connectivity index (χ0) is 25.9. The molecular formula is C31H42FN3O3. The van der Waals surface area contributed by atoms with Gasteiger partial charge in [0.2, 0.25) is 5.91 Å². The highest BCUT2D eigenvalue weighted by Crippen LogP contribution is 2.49. The minimum atomic E-state index is -0.195. The molecular weight excluding hydrogens is 481 g/mol. The van der Waals surface area contributed by atoms with Gasteiger partial charge in [-0.1, -0.05) is 6.42 Å². The molecule has 0 aromatic heterocycles. The zero-order valence-electron chi connectivity index (χ0n) is 22.6. The molecule has 0 N–H and O–H groups in total. The lowest BCUT2D eigenvalue weighted by molar-refractivity contribution is -0.124.